The number of amides is 2. The SMILES string of the molecule is O=C1[C@H]2[C@H](CC(CO)=C3B(O)O[C@H](c4ccc(O)cc4Cl)C[C@H]32)C(=O)N1c1cc(C(F)(F)F)cc(C(F)(F)F)c1. The predicted molar refractivity (Wildman–Crippen MR) is 128 cm³/mol. The number of aromatic hydroxyl groups is 1. The highest BCUT2D eigenvalue weighted by molar-refractivity contribution is 6.53. The molecule has 40 heavy (non-hydrogen) atoms. The van der Waals surface area contributed by atoms with Crippen molar-refractivity contribution in [1.82, 2.24) is 0 Å². The molecule has 2 amide bonds. The topological polar surface area (TPSA) is 107 Å². The first-order valence-electron chi connectivity index (χ1n) is 11.9. The van der Waals surface area contributed by atoms with E-state index >= 15 is 0 Å². The van der Waals surface area contributed by atoms with Gasteiger partial charge >= 0.3 is 19.5 Å². The summed E-state index contributed by atoms with van der Waals surface area (Å²) in [7, 11) is -1.65. The second kappa shape index (κ2) is 9.79. The molecular formula is C25H19BClF6NO6. The van der Waals surface area contributed by atoms with Crippen molar-refractivity contribution in [2.24, 2.45) is 17.8 Å². The molecule has 0 spiro atoms. The van der Waals surface area contributed by atoms with Gasteiger partial charge in [0.1, 0.15) is 5.75 Å². The average Bonchev–Trinajstić information content (AvgIpc) is 3.11. The number of halogens is 7. The van der Waals surface area contributed by atoms with Crippen molar-refractivity contribution in [3.05, 3.63) is 69.2 Å². The minimum atomic E-state index is -5.20. The first-order valence-corrected chi connectivity index (χ1v) is 12.3. The molecule has 2 aliphatic heterocycles. The van der Waals surface area contributed by atoms with E-state index in [4.69, 9.17) is 16.3 Å². The number of fused-ring (bicyclic) bond motifs is 3. The van der Waals surface area contributed by atoms with Crippen molar-refractivity contribution >= 4 is 36.2 Å². The standard InChI is InChI=1S/C25H19BClF6NO6/c27-18-7-14(36)1-2-15(18)19-8-16-20-17(3-10(9-35)21(16)26(39)40-19)22(37)34(23(20)38)13-5-11(24(28,29)30)4-12(6-13)25(31,32)33/h1-2,4-7,16-17,19-20,35-36,39H,3,8-9H2/t16-,17-,19-,20+/m0/s1. The molecule has 5 rings (SSSR count). The highest BCUT2D eigenvalue weighted by Crippen LogP contribution is 2.53. The summed E-state index contributed by atoms with van der Waals surface area (Å²) in [5.74, 6) is -5.65. The molecule has 212 valence electrons. The van der Waals surface area contributed by atoms with Crippen LogP contribution >= 0.6 is 11.6 Å². The van der Waals surface area contributed by atoms with Crippen molar-refractivity contribution in [1.29, 1.82) is 0 Å². The van der Waals surface area contributed by atoms with Crippen LogP contribution in [-0.4, -0.2) is 40.8 Å². The first-order chi connectivity index (χ1) is 18.6. The third kappa shape index (κ3) is 4.76. The smallest absolute Gasteiger partial charge is 0.487 e. The maximum Gasteiger partial charge on any atom is 0.487 e. The summed E-state index contributed by atoms with van der Waals surface area (Å²) in [6.45, 7) is -0.636. The second-order valence-corrected chi connectivity index (χ2v) is 10.3. The van der Waals surface area contributed by atoms with E-state index < -0.39 is 78.6 Å². The lowest BCUT2D eigenvalue weighted by Gasteiger charge is -2.42. The highest BCUT2D eigenvalue weighted by Gasteiger charge is 2.58. The summed E-state index contributed by atoms with van der Waals surface area (Å²) in [5.41, 5.74) is -3.64. The number of carbonyl (C=O) groups is 2. The minimum Gasteiger partial charge on any atom is -0.508 e. The Bertz CT molecular complexity index is 1400. The summed E-state index contributed by atoms with van der Waals surface area (Å²) in [6.07, 6.45) is -11.7. The fourth-order valence-corrected chi connectivity index (χ4v) is 6.15. The van der Waals surface area contributed by atoms with Gasteiger partial charge in [0.15, 0.2) is 0 Å². The zero-order valence-corrected chi connectivity index (χ0v) is 20.9. The molecule has 0 saturated carbocycles. The van der Waals surface area contributed by atoms with Crippen LogP contribution in [0.15, 0.2) is 47.4 Å². The monoisotopic (exact) mass is 589 g/mol. The van der Waals surface area contributed by atoms with E-state index in [1.165, 1.54) is 18.2 Å². The lowest BCUT2D eigenvalue weighted by atomic mass is 9.55. The Hall–Kier alpha value is -3.07. The normalized spacial score (nSPS) is 25.4. The zero-order valence-electron chi connectivity index (χ0n) is 20.1. The number of allylic oxidation sites excluding steroid dienone is 1. The number of imide groups is 1. The molecule has 2 saturated heterocycles. The Balaban J connectivity index is 1.58. The lowest BCUT2D eigenvalue weighted by molar-refractivity contribution is -0.143. The van der Waals surface area contributed by atoms with Gasteiger partial charge in [-0.3, -0.25) is 9.59 Å². The lowest BCUT2D eigenvalue weighted by Crippen LogP contribution is -2.45. The van der Waals surface area contributed by atoms with Gasteiger partial charge in [-0.2, -0.15) is 26.3 Å². The quantitative estimate of drug-likeness (QED) is 0.273. The fourth-order valence-electron chi connectivity index (χ4n) is 5.86. The molecule has 7 nitrogen and oxygen atoms in total. The molecule has 2 aromatic carbocycles. The molecule has 2 fully saturated rings. The number of nitrogens with zero attached hydrogens (tertiary/aromatic N) is 1. The van der Waals surface area contributed by atoms with Crippen molar-refractivity contribution in [3.63, 3.8) is 0 Å². The van der Waals surface area contributed by atoms with Crippen LogP contribution in [0.25, 0.3) is 0 Å². The first kappa shape index (κ1) is 28.5. The number of phenolic OH excluding ortho intramolecular Hbond substituents is 1. The molecule has 3 aliphatic rings. The van der Waals surface area contributed by atoms with E-state index in [2.05, 4.69) is 0 Å². The summed E-state index contributed by atoms with van der Waals surface area (Å²) in [6, 6.07) is 4.46. The van der Waals surface area contributed by atoms with Crippen LogP contribution in [0.5, 0.6) is 5.75 Å². The van der Waals surface area contributed by atoms with Gasteiger partial charge in [0.25, 0.3) is 0 Å². The van der Waals surface area contributed by atoms with Crippen LogP contribution in [0.4, 0.5) is 32.0 Å². The van der Waals surface area contributed by atoms with E-state index in [1.807, 2.05) is 0 Å². The van der Waals surface area contributed by atoms with Crippen LogP contribution < -0.4 is 4.90 Å². The molecule has 2 heterocycles. The fraction of sp³-hybridized carbons (Fsp3) is 0.360. The van der Waals surface area contributed by atoms with Crippen LogP contribution in [0.2, 0.25) is 5.02 Å². The Morgan fingerprint density at radius 2 is 1.60 bits per heavy atom. The minimum absolute atomic E-state index is 0.0647. The largest absolute Gasteiger partial charge is 0.508 e. The van der Waals surface area contributed by atoms with Gasteiger partial charge in [-0.25, -0.2) is 4.90 Å². The number of hydrogen-bond acceptors (Lipinski definition) is 6. The molecule has 0 radical (unpaired) electrons. The van der Waals surface area contributed by atoms with Crippen molar-refractivity contribution in [2.75, 3.05) is 11.5 Å². The van der Waals surface area contributed by atoms with E-state index in [1.54, 1.807) is 0 Å². The van der Waals surface area contributed by atoms with Crippen LogP contribution in [-0.2, 0) is 26.6 Å². The van der Waals surface area contributed by atoms with Gasteiger partial charge in [0.2, 0.25) is 11.8 Å². The number of carbonyl (C=O) groups excluding carboxylic acids is 2. The number of hydrogen-bond donors (Lipinski definition) is 3. The van der Waals surface area contributed by atoms with Crippen LogP contribution in [0.3, 0.4) is 0 Å². The Morgan fingerprint density at radius 1 is 0.975 bits per heavy atom. The number of benzene rings is 2. The van der Waals surface area contributed by atoms with Crippen molar-refractivity contribution < 1.29 is 55.8 Å². The van der Waals surface area contributed by atoms with Gasteiger partial charge in [-0.05, 0) is 65.7 Å². The number of anilines is 1. The number of rotatable bonds is 3. The second-order valence-electron chi connectivity index (χ2n) is 9.85. The predicted octanol–water partition coefficient (Wildman–Crippen LogP) is 4.68. The third-order valence-electron chi connectivity index (χ3n) is 7.56. The number of alkyl halides is 6. The maximum absolute atomic E-state index is 13.7. The van der Waals surface area contributed by atoms with E-state index in [0.29, 0.717) is 22.6 Å². The summed E-state index contributed by atoms with van der Waals surface area (Å²) in [4.78, 5) is 27.4. The molecular weight excluding hydrogens is 571 g/mol. The Kier molecular flexibility index (Phi) is 6.97. The van der Waals surface area contributed by atoms with Crippen molar-refractivity contribution in [3.8, 4) is 5.75 Å². The number of phenols is 1. The zero-order chi connectivity index (χ0) is 29.3. The Labute approximate surface area is 227 Å². The summed E-state index contributed by atoms with van der Waals surface area (Å²) < 4.78 is 86.6. The van der Waals surface area contributed by atoms with Crippen molar-refractivity contribution in [2.45, 2.75) is 31.3 Å². The molecule has 15 heteroatoms. The van der Waals surface area contributed by atoms with Gasteiger partial charge in [-0.1, -0.05) is 17.7 Å². The number of aliphatic hydroxyl groups is 1. The van der Waals surface area contributed by atoms with Crippen LogP contribution in [0, 0.1) is 17.8 Å². The van der Waals surface area contributed by atoms with Gasteiger partial charge in [0.05, 0.1) is 41.4 Å². The average molecular weight is 590 g/mol. The molecule has 1 aliphatic carbocycles. The van der Waals surface area contributed by atoms with Crippen LogP contribution in [0.1, 0.15) is 35.6 Å². The molecule has 3 N–H and O–H groups in total. The van der Waals surface area contributed by atoms with E-state index in [9.17, 15) is 51.2 Å². The van der Waals surface area contributed by atoms with Gasteiger partial charge in [-0.15, -0.1) is 0 Å². The third-order valence-corrected chi connectivity index (χ3v) is 7.89. The summed E-state index contributed by atoms with van der Waals surface area (Å²) in [5, 5.41) is 30.6. The van der Waals surface area contributed by atoms with Gasteiger partial charge in [0, 0.05) is 5.02 Å². The molecule has 4 atom stereocenters. The van der Waals surface area contributed by atoms with E-state index in [0.717, 1.165) is 0 Å². The Morgan fingerprint density at radius 3 is 2.15 bits per heavy atom. The molecule has 0 unspecified atom stereocenters. The molecule has 0 aromatic heterocycles. The maximum atomic E-state index is 13.7. The molecule has 2 aromatic rings. The molecule has 0 bridgehead atoms. The van der Waals surface area contributed by atoms with E-state index in [-0.39, 0.29) is 40.7 Å². The highest BCUT2D eigenvalue weighted by atomic mass is 35.5. The summed E-state index contributed by atoms with van der Waals surface area (Å²) >= 11 is 6.22. The number of aliphatic hydroxyl groups excluding tert-OH is 1. The van der Waals surface area contributed by atoms with Gasteiger partial charge < -0.3 is 19.9 Å².